The molecule has 1 aliphatic heterocycles. The van der Waals surface area contributed by atoms with Gasteiger partial charge in [-0.25, -0.2) is 9.97 Å². The minimum atomic E-state index is 0.478. The molecule has 1 aliphatic rings. The van der Waals surface area contributed by atoms with Crippen LogP contribution in [0.3, 0.4) is 0 Å². The molecule has 1 unspecified atom stereocenters. The first kappa shape index (κ1) is 14.0. The van der Waals surface area contributed by atoms with Crippen LogP contribution in [0.4, 0.5) is 5.82 Å². The number of anilines is 1. The fraction of sp³-hybridized carbons (Fsp3) is 0.667. The molecule has 18 heavy (non-hydrogen) atoms. The zero-order valence-electron chi connectivity index (χ0n) is 10.7. The van der Waals surface area contributed by atoms with E-state index in [1.54, 1.807) is 0 Å². The van der Waals surface area contributed by atoms with Crippen molar-refractivity contribution in [2.24, 2.45) is 0 Å². The zero-order chi connectivity index (χ0) is 13.1. The van der Waals surface area contributed by atoms with Crippen LogP contribution in [0.15, 0.2) is 10.8 Å². The normalized spacial score (nSPS) is 19.8. The van der Waals surface area contributed by atoms with E-state index in [1.807, 2.05) is 0 Å². The van der Waals surface area contributed by atoms with Crippen LogP contribution in [0.25, 0.3) is 0 Å². The fourth-order valence-electron chi connectivity index (χ4n) is 2.53. The number of hydrogen-bond acceptors (Lipinski definition) is 4. The van der Waals surface area contributed by atoms with E-state index in [-0.39, 0.29) is 0 Å². The lowest BCUT2D eigenvalue weighted by Crippen LogP contribution is -2.37. The van der Waals surface area contributed by atoms with Crippen molar-refractivity contribution < 1.29 is 0 Å². The van der Waals surface area contributed by atoms with E-state index in [0.717, 1.165) is 36.5 Å². The smallest absolute Gasteiger partial charge is 0.148 e. The molecule has 1 saturated heterocycles. The molecule has 1 aromatic heterocycles. The van der Waals surface area contributed by atoms with Crippen LogP contribution in [0.5, 0.6) is 0 Å². The second-order valence-electron chi connectivity index (χ2n) is 4.41. The summed E-state index contributed by atoms with van der Waals surface area (Å²) in [4.78, 5) is 13.1. The van der Waals surface area contributed by atoms with Gasteiger partial charge in [-0.05, 0) is 35.4 Å². The lowest BCUT2D eigenvalue weighted by Gasteiger charge is -2.26. The average Bonchev–Trinajstić information content (AvgIpc) is 2.84. The first-order valence-corrected chi connectivity index (χ1v) is 7.49. The van der Waals surface area contributed by atoms with E-state index < -0.39 is 0 Å². The topological polar surface area (TPSA) is 32.3 Å². The first-order chi connectivity index (χ1) is 8.67. The van der Waals surface area contributed by atoms with Gasteiger partial charge in [-0.1, -0.05) is 25.4 Å². The Bertz CT molecular complexity index is 411. The predicted molar refractivity (Wildman–Crippen MR) is 78.3 cm³/mol. The maximum absolute atomic E-state index is 6.01. The highest BCUT2D eigenvalue weighted by Crippen LogP contribution is 2.31. The summed E-state index contributed by atoms with van der Waals surface area (Å²) in [5.41, 5.74) is 0. The van der Waals surface area contributed by atoms with E-state index in [2.05, 4.69) is 49.5 Å². The Morgan fingerprint density at radius 1 is 1.44 bits per heavy atom. The average molecular weight is 334 g/mol. The van der Waals surface area contributed by atoms with Gasteiger partial charge in [-0.15, -0.1) is 0 Å². The van der Waals surface area contributed by atoms with E-state index in [4.69, 9.17) is 11.6 Å². The minimum absolute atomic E-state index is 0.478. The highest BCUT2D eigenvalue weighted by atomic mass is 79.9. The van der Waals surface area contributed by atoms with Gasteiger partial charge in [0.25, 0.3) is 0 Å². The van der Waals surface area contributed by atoms with E-state index in [0.29, 0.717) is 11.2 Å². The van der Waals surface area contributed by atoms with Crippen molar-refractivity contribution in [3.05, 3.63) is 16.0 Å². The number of likely N-dealkylation sites (N-methyl/N-ethyl adjacent to an activating group) is 1. The third kappa shape index (κ3) is 2.78. The van der Waals surface area contributed by atoms with Crippen molar-refractivity contribution in [1.82, 2.24) is 14.9 Å². The number of halogens is 2. The second kappa shape index (κ2) is 6.17. The van der Waals surface area contributed by atoms with E-state index in [9.17, 15) is 0 Å². The van der Waals surface area contributed by atoms with Crippen LogP contribution in [0.1, 0.15) is 20.3 Å². The molecule has 2 heterocycles. The van der Waals surface area contributed by atoms with Gasteiger partial charge in [0.2, 0.25) is 0 Å². The molecule has 100 valence electrons. The minimum Gasteiger partial charge on any atom is -0.354 e. The van der Waals surface area contributed by atoms with Gasteiger partial charge in [0, 0.05) is 19.1 Å². The molecule has 0 bridgehead atoms. The van der Waals surface area contributed by atoms with Crippen molar-refractivity contribution in [1.29, 1.82) is 0 Å². The first-order valence-electron chi connectivity index (χ1n) is 6.32. The summed E-state index contributed by atoms with van der Waals surface area (Å²) in [5.74, 6) is 0.907. The molecule has 0 saturated carbocycles. The molecular weight excluding hydrogens is 316 g/mol. The molecular formula is C12H18BrClN4. The SMILES string of the molecule is CCN(CC)C1CCN(c2ncnc(Cl)c2Br)C1. The van der Waals surface area contributed by atoms with Gasteiger partial charge in [0.1, 0.15) is 17.3 Å². The Balaban J connectivity index is 2.11. The van der Waals surface area contributed by atoms with Gasteiger partial charge in [-0.3, -0.25) is 4.90 Å². The van der Waals surface area contributed by atoms with Crippen LogP contribution in [0.2, 0.25) is 5.15 Å². The van der Waals surface area contributed by atoms with Crippen LogP contribution < -0.4 is 4.90 Å². The standard InChI is InChI=1S/C12H18BrClN4/c1-3-17(4-2)9-5-6-18(7-9)12-10(13)11(14)15-8-16-12/h8-9H,3-7H2,1-2H3. The molecule has 0 spiro atoms. The molecule has 0 aliphatic carbocycles. The maximum Gasteiger partial charge on any atom is 0.148 e. The van der Waals surface area contributed by atoms with Crippen LogP contribution in [0, 0.1) is 0 Å². The van der Waals surface area contributed by atoms with Gasteiger partial charge >= 0.3 is 0 Å². The Morgan fingerprint density at radius 3 is 2.83 bits per heavy atom. The zero-order valence-corrected chi connectivity index (χ0v) is 13.1. The Hall–Kier alpha value is -0.390. The molecule has 1 aromatic rings. The quantitative estimate of drug-likeness (QED) is 0.793. The summed E-state index contributed by atoms with van der Waals surface area (Å²) in [7, 11) is 0. The summed E-state index contributed by atoms with van der Waals surface area (Å²) in [6.45, 7) is 8.65. The van der Waals surface area contributed by atoms with Crippen LogP contribution in [-0.4, -0.2) is 47.1 Å². The number of nitrogens with zero attached hydrogens (tertiary/aromatic N) is 4. The molecule has 2 rings (SSSR count). The van der Waals surface area contributed by atoms with Crippen LogP contribution in [-0.2, 0) is 0 Å². The third-order valence-electron chi connectivity index (χ3n) is 3.52. The van der Waals surface area contributed by atoms with Gasteiger partial charge in [0.15, 0.2) is 0 Å². The molecule has 0 N–H and O–H groups in total. The number of aromatic nitrogens is 2. The van der Waals surface area contributed by atoms with Crippen molar-refractivity contribution in [2.75, 3.05) is 31.1 Å². The van der Waals surface area contributed by atoms with Crippen molar-refractivity contribution in [2.45, 2.75) is 26.3 Å². The lowest BCUT2D eigenvalue weighted by molar-refractivity contribution is 0.232. The monoisotopic (exact) mass is 332 g/mol. The maximum atomic E-state index is 6.01. The largest absolute Gasteiger partial charge is 0.354 e. The van der Waals surface area contributed by atoms with Gasteiger partial charge in [-0.2, -0.15) is 0 Å². The van der Waals surface area contributed by atoms with Crippen LogP contribution >= 0.6 is 27.5 Å². The van der Waals surface area contributed by atoms with Crippen molar-refractivity contribution in [3.63, 3.8) is 0 Å². The molecule has 4 nitrogen and oxygen atoms in total. The fourth-order valence-corrected chi connectivity index (χ4v) is 3.12. The molecule has 6 heteroatoms. The lowest BCUT2D eigenvalue weighted by atomic mass is 10.2. The summed E-state index contributed by atoms with van der Waals surface area (Å²) in [5, 5.41) is 0.478. The third-order valence-corrected chi connectivity index (χ3v) is 4.77. The summed E-state index contributed by atoms with van der Waals surface area (Å²) in [6, 6.07) is 0.612. The highest BCUT2D eigenvalue weighted by molar-refractivity contribution is 9.10. The molecule has 1 atom stereocenters. The van der Waals surface area contributed by atoms with Gasteiger partial charge in [0.05, 0.1) is 4.47 Å². The second-order valence-corrected chi connectivity index (χ2v) is 5.56. The van der Waals surface area contributed by atoms with Crippen molar-refractivity contribution >= 4 is 33.3 Å². The summed E-state index contributed by atoms with van der Waals surface area (Å²) >= 11 is 9.48. The highest BCUT2D eigenvalue weighted by Gasteiger charge is 2.28. The molecule has 1 fully saturated rings. The Kier molecular flexibility index (Phi) is 4.81. The molecule has 0 radical (unpaired) electrons. The van der Waals surface area contributed by atoms with E-state index >= 15 is 0 Å². The summed E-state index contributed by atoms with van der Waals surface area (Å²) in [6.07, 6.45) is 2.70. The number of hydrogen-bond donors (Lipinski definition) is 0. The molecule has 0 amide bonds. The predicted octanol–water partition coefficient (Wildman–Crippen LogP) is 2.81. The molecule has 0 aromatic carbocycles. The van der Waals surface area contributed by atoms with E-state index in [1.165, 1.54) is 12.7 Å². The summed E-state index contributed by atoms with van der Waals surface area (Å²) < 4.78 is 0.798. The van der Waals surface area contributed by atoms with Gasteiger partial charge < -0.3 is 4.90 Å². The Labute approximate surface area is 121 Å². The number of rotatable bonds is 4. The Morgan fingerprint density at radius 2 is 2.17 bits per heavy atom. The van der Waals surface area contributed by atoms with Crippen molar-refractivity contribution in [3.8, 4) is 0 Å².